The van der Waals surface area contributed by atoms with Crippen molar-refractivity contribution in [1.82, 2.24) is 4.57 Å². The maximum Gasteiger partial charge on any atom is 0.338 e. The molecule has 0 atom stereocenters. The minimum absolute atomic E-state index is 0.190. The van der Waals surface area contributed by atoms with Crippen molar-refractivity contribution in [2.75, 3.05) is 20.3 Å². The Balaban J connectivity index is 1.99. The molecule has 0 N–H and O–H groups in total. The number of nitrogens with zero attached hydrogens (tertiary/aromatic N) is 1. The van der Waals surface area contributed by atoms with Gasteiger partial charge in [0.05, 0.1) is 5.56 Å². The molecule has 1 heterocycles. The van der Waals surface area contributed by atoms with Crippen LogP contribution >= 0.6 is 22.6 Å². The molecule has 0 bridgehead atoms. The third-order valence-corrected chi connectivity index (χ3v) is 4.74. The Labute approximate surface area is 161 Å². The molecule has 0 aliphatic heterocycles. The minimum atomic E-state index is -0.487. The van der Waals surface area contributed by atoms with Gasteiger partial charge in [0.1, 0.15) is 0 Å². The van der Waals surface area contributed by atoms with E-state index >= 15 is 0 Å². The van der Waals surface area contributed by atoms with Gasteiger partial charge in [0, 0.05) is 40.8 Å². The second kappa shape index (κ2) is 9.15. The number of aryl methyl sites for hydroxylation is 1. The van der Waals surface area contributed by atoms with Gasteiger partial charge in [0.2, 0.25) is 5.78 Å². The third-order valence-electron chi connectivity index (χ3n) is 4.02. The average molecular weight is 455 g/mol. The number of halogens is 1. The van der Waals surface area contributed by atoms with E-state index in [0.717, 1.165) is 27.9 Å². The van der Waals surface area contributed by atoms with Crippen molar-refractivity contribution in [3.8, 4) is 0 Å². The summed E-state index contributed by atoms with van der Waals surface area (Å²) in [5.74, 6) is -0.677. The van der Waals surface area contributed by atoms with Crippen molar-refractivity contribution in [2.24, 2.45) is 0 Å². The summed E-state index contributed by atoms with van der Waals surface area (Å²) in [6.45, 7) is 5.09. The first-order valence-corrected chi connectivity index (χ1v) is 9.13. The van der Waals surface area contributed by atoms with Gasteiger partial charge in [-0.2, -0.15) is 0 Å². The number of Topliss-reactive ketones (excluding diaryl/α,β-unsaturated/α-hetero) is 1. The fourth-order valence-corrected chi connectivity index (χ4v) is 3.03. The molecular weight excluding hydrogens is 433 g/mol. The number of hydrogen-bond acceptors (Lipinski definition) is 4. The SMILES string of the molecule is COCCCn1c(C)cc(C(=O)COC(=O)c2ccc(I)cc2)c1C. The molecule has 0 fully saturated rings. The highest BCUT2D eigenvalue weighted by atomic mass is 127. The lowest BCUT2D eigenvalue weighted by molar-refractivity contribution is 0.0474. The minimum Gasteiger partial charge on any atom is -0.454 e. The van der Waals surface area contributed by atoms with Crippen molar-refractivity contribution in [3.63, 3.8) is 0 Å². The molecule has 0 unspecified atom stereocenters. The van der Waals surface area contributed by atoms with E-state index in [1.54, 1.807) is 19.2 Å². The Kier molecular flexibility index (Phi) is 7.19. The van der Waals surface area contributed by atoms with E-state index in [4.69, 9.17) is 9.47 Å². The number of ketones is 1. The highest BCUT2D eigenvalue weighted by Gasteiger charge is 2.17. The first-order chi connectivity index (χ1) is 11.9. The van der Waals surface area contributed by atoms with Crippen LogP contribution in [0.2, 0.25) is 0 Å². The van der Waals surface area contributed by atoms with Crippen LogP contribution < -0.4 is 0 Å². The van der Waals surface area contributed by atoms with Gasteiger partial charge in [-0.25, -0.2) is 4.79 Å². The smallest absolute Gasteiger partial charge is 0.338 e. The van der Waals surface area contributed by atoms with E-state index < -0.39 is 5.97 Å². The largest absolute Gasteiger partial charge is 0.454 e. The van der Waals surface area contributed by atoms with E-state index in [2.05, 4.69) is 27.2 Å². The summed E-state index contributed by atoms with van der Waals surface area (Å²) >= 11 is 2.16. The lowest BCUT2D eigenvalue weighted by Gasteiger charge is -2.09. The maximum atomic E-state index is 12.4. The number of carbonyl (C=O) groups excluding carboxylic acids is 2. The molecule has 6 heteroatoms. The second-order valence-corrected chi connectivity index (χ2v) is 7.03. The fraction of sp³-hybridized carbons (Fsp3) is 0.368. The fourth-order valence-electron chi connectivity index (χ4n) is 2.67. The zero-order chi connectivity index (χ0) is 18.4. The first kappa shape index (κ1) is 19.7. The summed E-state index contributed by atoms with van der Waals surface area (Å²) < 4.78 is 13.4. The molecule has 0 aliphatic rings. The number of benzene rings is 1. The number of aromatic nitrogens is 1. The highest BCUT2D eigenvalue weighted by Crippen LogP contribution is 2.17. The molecule has 2 rings (SSSR count). The lowest BCUT2D eigenvalue weighted by Crippen LogP contribution is -2.15. The van der Waals surface area contributed by atoms with Crippen LogP contribution in [-0.4, -0.2) is 36.6 Å². The van der Waals surface area contributed by atoms with Crippen molar-refractivity contribution in [1.29, 1.82) is 0 Å². The molecule has 5 nitrogen and oxygen atoms in total. The summed E-state index contributed by atoms with van der Waals surface area (Å²) in [6, 6.07) is 8.88. The molecule has 0 spiro atoms. The maximum absolute atomic E-state index is 12.4. The van der Waals surface area contributed by atoms with Crippen molar-refractivity contribution in [3.05, 3.63) is 56.4 Å². The molecule has 0 amide bonds. The van der Waals surface area contributed by atoms with Gasteiger partial charge in [-0.05, 0) is 73.2 Å². The van der Waals surface area contributed by atoms with Gasteiger partial charge in [-0.15, -0.1) is 0 Å². The molecule has 0 saturated carbocycles. The number of ether oxygens (including phenoxy) is 2. The summed E-state index contributed by atoms with van der Waals surface area (Å²) in [7, 11) is 1.67. The monoisotopic (exact) mass is 455 g/mol. The molecule has 134 valence electrons. The zero-order valence-corrected chi connectivity index (χ0v) is 16.8. The van der Waals surface area contributed by atoms with Crippen molar-refractivity contribution >= 4 is 34.3 Å². The van der Waals surface area contributed by atoms with Gasteiger partial charge >= 0.3 is 5.97 Å². The van der Waals surface area contributed by atoms with Gasteiger partial charge in [-0.3, -0.25) is 4.79 Å². The molecule has 2 aromatic rings. The molecular formula is C19H22INO4. The van der Waals surface area contributed by atoms with Gasteiger partial charge in [0.25, 0.3) is 0 Å². The van der Waals surface area contributed by atoms with E-state index in [-0.39, 0.29) is 12.4 Å². The number of methoxy groups -OCH3 is 1. The van der Waals surface area contributed by atoms with Crippen LogP contribution in [0.1, 0.15) is 38.5 Å². The van der Waals surface area contributed by atoms with Crippen LogP contribution in [-0.2, 0) is 16.0 Å². The van der Waals surface area contributed by atoms with Gasteiger partial charge < -0.3 is 14.0 Å². The third kappa shape index (κ3) is 5.15. The van der Waals surface area contributed by atoms with Crippen LogP contribution in [0.25, 0.3) is 0 Å². The number of esters is 1. The molecule has 1 aromatic heterocycles. The van der Waals surface area contributed by atoms with Gasteiger partial charge in [-0.1, -0.05) is 0 Å². The molecule has 0 radical (unpaired) electrons. The normalized spacial score (nSPS) is 10.7. The van der Waals surface area contributed by atoms with E-state index in [0.29, 0.717) is 17.7 Å². The standard InChI is InChI=1S/C19H22INO4/c1-13-11-17(14(2)21(13)9-4-10-24-3)18(22)12-25-19(23)15-5-7-16(20)8-6-15/h5-8,11H,4,9-10,12H2,1-3H3. The summed E-state index contributed by atoms with van der Waals surface area (Å²) in [5, 5.41) is 0. The quantitative estimate of drug-likeness (QED) is 0.263. The Bertz CT molecular complexity index is 750. The van der Waals surface area contributed by atoms with E-state index in [1.165, 1.54) is 0 Å². The van der Waals surface area contributed by atoms with Crippen LogP contribution in [0.4, 0.5) is 0 Å². The zero-order valence-electron chi connectivity index (χ0n) is 14.7. The molecule has 25 heavy (non-hydrogen) atoms. The first-order valence-electron chi connectivity index (χ1n) is 8.05. The van der Waals surface area contributed by atoms with Crippen LogP contribution in [0.3, 0.4) is 0 Å². The summed E-state index contributed by atoms with van der Waals surface area (Å²) in [4.78, 5) is 24.5. The summed E-state index contributed by atoms with van der Waals surface area (Å²) in [5.41, 5.74) is 2.95. The molecule has 0 saturated heterocycles. The van der Waals surface area contributed by atoms with Gasteiger partial charge in [0.15, 0.2) is 6.61 Å². The van der Waals surface area contributed by atoms with E-state index in [1.807, 2.05) is 32.0 Å². The Hall–Kier alpha value is -1.67. The topological polar surface area (TPSA) is 57.5 Å². The van der Waals surface area contributed by atoms with Crippen LogP contribution in [0, 0.1) is 17.4 Å². The highest BCUT2D eigenvalue weighted by molar-refractivity contribution is 14.1. The Morgan fingerprint density at radius 1 is 1.16 bits per heavy atom. The predicted octanol–water partition coefficient (Wildman–Crippen LogP) is 3.79. The number of carbonyl (C=O) groups is 2. The van der Waals surface area contributed by atoms with Crippen LogP contribution in [0.15, 0.2) is 30.3 Å². The van der Waals surface area contributed by atoms with Crippen molar-refractivity contribution in [2.45, 2.75) is 26.8 Å². The Morgan fingerprint density at radius 3 is 2.48 bits per heavy atom. The molecule has 1 aromatic carbocycles. The lowest BCUT2D eigenvalue weighted by atomic mass is 10.1. The summed E-state index contributed by atoms with van der Waals surface area (Å²) in [6.07, 6.45) is 0.877. The second-order valence-electron chi connectivity index (χ2n) is 5.79. The van der Waals surface area contributed by atoms with Crippen molar-refractivity contribution < 1.29 is 19.1 Å². The number of hydrogen-bond donors (Lipinski definition) is 0. The van der Waals surface area contributed by atoms with E-state index in [9.17, 15) is 9.59 Å². The Morgan fingerprint density at radius 2 is 1.84 bits per heavy atom. The number of rotatable bonds is 8. The van der Waals surface area contributed by atoms with Crippen LogP contribution in [0.5, 0.6) is 0 Å². The predicted molar refractivity (Wildman–Crippen MR) is 104 cm³/mol. The average Bonchev–Trinajstić information content (AvgIpc) is 2.88. The molecule has 0 aliphatic carbocycles.